The minimum atomic E-state index is -3.02. The summed E-state index contributed by atoms with van der Waals surface area (Å²) >= 11 is 0. The van der Waals surface area contributed by atoms with Crippen molar-refractivity contribution in [3.63, 3.8) is 0 Å². The summed E-state index contributed by atoms with van der Waals surface area (Å²) in [5.41, 5.74) is 1.78. The Morgan fingerprint density at radius 3 is 2.58 bits per heavy atom. The van der Waals surface area contributed by atoms with Crippen molar-refractivity contribution >= 4 is 6.09 Å². The minimum absolute atomic E-state index is 0.0324. The fraction of sp³-hybridized carbons (Fsp3) is 0.440. The van der Waals surface area contributed by atoms with E-state index in [4.69, 9.17) is 9.47 Å². The maximum absolute atomic E-state index is 14.7. The first kappa shape index (κ1) is 24.0. The molecule has 2 fully saturated rings. The van der Waals surface area contributed by atoms with Crippen LogP contribution in [0.15, 0.2) is 42.7 Å². The van der Waals surface area contributed by atoms with Gasteiger partial charge in [0.1, 0.15) is 23.5 Å². The molecule has 2 unspecified atom stereocenters. The van der Waals surface area contributed by atoms with Crippen molar-refractivity contribution in [3.8, 4) is 34.0 Å². The van der Waals surface area contributed by atoms with E-state index < -0.39 is 42.2 Å². The second kappa shape index (κ2) is 8.72. The molecule has 4 heterocycles. The predicted octanol–water partition coefficient (Wildman–Crippen LogP) is 4.79. The third-order valence-corrected chi connectivity index (χ3v) is 6.38. The number of rotatable bonds is 4. The zero-order valence-corrected chi connectivity index (χ0v) is 20.1. The Balaban J connectivity index is 1.27. The molecule has 1 aromatic carbocycles. The molecule has 3 aromatic rings. The third-order valence-electron chi connectivity index (χ3n) is 6.38. The van der Waals surface area contributed by atoms with Crippen LogP contribution in [0.4, 0.5) is 13.6 Å². The lowest BCUT2D eigenvalue weighted by molar-refractivity contribution is -0.0609. The molecule has 0 saturated carbocycles. The molecule has 0 aliphatic carbocycles. The van der Waals surface area contributed by atoms with Crippen LogP contribution in [0.2, 0.25) is 0 Å². The number of carbonyl (C=O) groups excluding carboxylic acids is 1. The molecule has 11 heteroatoms. The number of phenolic OH excluding ortho intramolecular Hbond substituents is 1. The molecular formula is C25H27F2N5O4. The number of carbonyl (C=O) groups is 1. The molecular weight excluding hydrogens is 472 g/mol. The zero-order chi connectivity index (χ0) is 25.7. The Morgan fingerprint density at radius 1 is 1.17 bits per heavy atom. The molecule has 0 radical (unpaired) electrons. The molecule has 0 spiro atoms. The van der Waals surface area contributed by atoms with Gasteiger partial charge in [0.05, 0.1) is 11.9 Å². The lowest BCUT2D eigenvalue weighted by Crippen LogP contribution is -2.53. The van der Waals surface area contributed by atoms with Crippen LogP contribution < -0.4 is 4.74 Å². The largest absolute Gasteiger partial charge is 0.507 e. The van der Waals surface area contributed by atoms with Gasteiger partial charge in [0.25, 0.3) is 5.92 Å². The number of halogens is 2. The topological polar surface area (TPSA) is 113 Å². The van der Waals surface area contributed by atoms with Crippen molar-refractivity contribution < 1.29 is 28.2 Å². The van der Waals surface area contributed by atoms with E-state index in [9.17, 15) is 18.7 Å². The van der Waals surface area contributed by atoms with Gasteiger partial charge < -0.3 is 14.6 Å². The van der Waals surface area contributed by atoms with E-state index in [1.165, 1.54) is 4.90 Å². The Morgan fingerprint density at radius 2 is 1.97 bits per heavy atom. The SMILES string of the molecule is CC(C)(C)OC(=O)N1C2C[C@H](Oc3ccc(-c4ccc(-c5cn[nH]c5)cc4O)nn3)CC1C(F)(F)C2. The van der Waals surface area contributed by atoms with E-state index in [0.29, 0.717) is 11.3 Å². The molecule has 190 valence electrons. The highest BCUT2D eigenvalue weighted by atomic mass is 19.3. The number of aromatic amines is 1. The number of ether oxygens (including phenoxy) is 2. The lowest BCUT2D eigenvalue weighted by Gasteiger charge is -2.39. The third kappa shape index (κ3) is 4.69. The number of alkyl halides is 2. The van der Waals surface area contributed by atoms with Gasteiger partial charge in [0, 0.05) is 48.7 Å². The number of fused-ring (bicyclic) bond motifs is 2. The van der Waals surface area contributed by atoms with E-state index in [0.717, 1.165) is 11.1 Å². The van der Waals surface area contributed by atoms with Gasteiger partial charge in [-0.3, -0.25) is 10.00 Å². The van der Waals surface area contributed by atoms with Crippen LogP contribution in [0.1, 0.15) is 40.0 Å². The van der Waals surface area contributed by atoms with Gasteiger partial charge in [0.2, 0.25) is 5.88 Å². The fourth-order valence-electron chi connectivity index (χ4n) is 4.86. The van der Waals surface area contributed by atoms with Crippen molar-refractivity contribution in [2.24, 2.45) is 0 Å². The number of piperidine rings is 1. The first-order chi connectivity index (χ1) is 17.0. The maximum atomic E-state index is 14.7. The normalized spacial score (nSPS) is 22.9. The van der Waals surface area contributed by atoms with Gasteiger partial charge in [-0.1, -0.05) is 6.07 Å². The average Bonchev–Trinajstić information content (AvgIpc) is 3.38. The highest BCUT2D eigenvalue weighted by Crippen LogP contribution is 2.47. The second-order valence-electron chi connectivity index (χ2n) is 10.2. The smallest absolute Gasteiger partial charge is 0.411 e. The molecule has 3 atom stereocenters. The number of nitrogens with zero attached hydrogens (tertiary/aromatic N) is 4. The summed E-state index contributed by atoms with van der Waals surface area (Å²) in [5.74, 6) is -2.80. The van der Waals surface area contributed by atoms with Gasteiger partial charge in [0.15, 0.2) is 0 Å². The number of hydrogen-bond donors (Lipinski definition) is 2. The molecule has 2 aliphatic rings. The van der Waals surface area contributed by atoms with Crippen LogP contribution in [0, 0.1) is 0 Å². The quantitative estimate of drug-likeness (QED) is 0.530. The number of phenols is 1. The lowest BCUT2D eigenvalue weighted by atomic mass is 9.99. The van der Waals surface area contributed by atoms with Gasteiger partial charge in [-0.2, -0.15) is 5.10 Å². The fourth-order valence-corrected chi connectivity index (χ4v) is 4.86. The molecule has 2 aliphatic heterocycles. The van der Waals surface area contributed by atoms with E-state index in [1.807, 2.05) is 6.07 Å². The Bertz CT molecular complexity index is 1240. The van der Waals surface area contributed by atoms with Crippen molar-refractivity contribution in [1.29, 1.82) is 0 Å². The summed E-state index contributed by atoms with van der Waals surface area (Å²) in [6.07, 6.45) is 1.88. The van der Waals surface area contributed by atoms with Gasteiger partial charge in [-0.25, -0.2) is 13.6 Å². The highest BCUT2D eigenvalue weighted by molar-refractivity contribution is 5.73. The molecule has 2 bridgehead atoms. The maximum Gasteiger partial charge on any atom is 0.411 e. The van der Waals surface area contributed by atoms with E-state index >= 15 is 0 Å². The molecule has 2 aromatic heterocycles. The summed E-state index contributed by atoms with van der Waals surface area (Å²) in [6, 6.07) is 6.43. The van der Waals surface area contributed by atoms with Crippen molar-refractivity contribution in [3.05, 3.63) is 42.7 Å². The molecule has 5 rings (SSSR count). The monoisotopic (exact) mass is 499 g/mol. The number of hydrogen-bond acceptors (Lipinski definition) is 7. The Hall–Kier alpha value is -3.76. The van der Waals surface area contributed by atoms with Gasteiger partial charge in [-0.15, -0.1) is 10.2 Å². The average molecular weight is 500 g/mol. The predicted molar refractivity (Wildman–Crippen MR) is 126 cm³/mol. The number of amides is 1. The summed E-state index contributed by atoms with van der Waals surface area (Å²) in [6.45, 7) is 5.12. The summed E-state index contributed by atoms with van der Waals surface area (Å²) in [5, 5.41) is 25.3. The van der Waals surface area contributed by atoms with Crippen LogP contribution in [-0.4, -0.2) is 66.2 Å². The molecule has 2 saturated heterocycles. The van der Waals surface area contributed by atoms with Crippen LogP contribution >= 0.6 is 0 Å². The number of aromatic nitrogens is 4. The highest BCUT2D eigenvalue weighted by Gasteiger charge is 2.60. The molecule has 36 heavy (non-hydrogen) atoms. The van der Waals surface area contributed by atoms with Crippen LogP contribution in [-0.2, 0) is 4.74 Å². The van der Waals surface area contributed by atoms with Crippen LogP contribution in [0.3, 0.4) is 0 Å². The number of aromatic hydroxyl groups is 1. The standard InChI is InChI=1S/C25H27F2N5O4/c1-24(2,3)36-23(34)32-16-9-17(10-21(32)25(26,27)11-16)35-22-7-6-19(30-31-22)18-5-4-14(8-20(18)33)15-12-28-29-13-15/h4-8,12-13,16-17,21,33H,9-11H2,1-3H3,(H,28,29)/t16?,17-,21?/m0/s1. The van der Waals surface area contributed by atoms with Crippen molar-refractivity contribution in [1.82, 2.24) is 25.3 Å². The first-order valence-corrected chi connectivity index (χ1v) is 11.7. The Labute approximate surface area is 206 Å². The number of H-pyrrole nitrogens is 1. The van der Waals surface area contributed by atoms with Crippen molar-refractivity contribution in [2.45, 2.75) is 69.7 Å². The second-order valence-corrected chi connectivity index (χ2v) is 10.2. The zero-order valence-electron chi connectivity index (χ0n) is 20.1. The summed E-state index contributed by atoms with van der Waals surface area (Å²) < 4.78 is 40.6. The summed E-state index contributed by atoms with van der Waals surface area (Å²) in [4.78, 5) is 13.8. The van der Waals surface area contributed by atoms with E-state index in [-0.39, 0.29) is 24.5 Å². The first-order valence-electron chi connectivity index (χ1n) is 11.7. The van der Waals surface area contributed by atoms with Crippen LogP contribution in [0.25, 0.3) is 22.4 Å². The molecule has 9 nitrogen and oxygen atoms in total. The number of benzene rings is 1. The number of nitrogens with one attached hydrogen (secondary N) is 1. The summed E-state index contributed by atoms with van der Waals surface area (Å²) in [7, 11) is 0. The van der Waals surface area contributed by atoms with E-state index in [1.54, 1.807) is 57.4 Å². The van der Waals surface area contributed by atoms with Crippen LogP contribution in [0.5, 0.6) is 11.6 Å². The Kier molecular flexibility index (Phi) is 5.80. The van der Waals surface area contributed by atoms with Crippen molar-refractivity contribution in [2.75, 3.05) is 0 Å². The molecule has 1 amide bonds. The van der Waals surface area contributed by atoms with E-state index in [2.05, 4.69) is 20.4 Å². The molecule has 2 N–H and O–H groups in total. The minimum Gasteiger partial charge on any atom is -0.507 e. The van der Waals surface area contributed by atoms with Gasteiger partial charge in [-0.05, 0) is 44.5 Å². The van der Waals surface area contributed by atoms with Gasteiger partial charge >= 0.3 is 6.09 Å².